The molecule has 4 rings (SSSR count). The number of nitrogens with zero attached hydrogens (tertiary/aromatic N) is 1. The second kappa shape index (κ2) is 10.9. The Morgan fingerprint density at radius 3 is 2.44 bits per heavy atom. The van der Waals surface area contributed by atoms with E-state index in [9.17, 15) is 4.79 Å². The van der Waals surface area contributed by atoms with E-state index >= 15 is 0 Å². The standard InChI is InChI=1S/C27H24ClNO5/c1-3-31-24-17-19(16-23-27(30)34-26(29-23)20-7-5-4-6-8-20)15-22(28)25(24)33-14-13-32-21-11-9-18(2)10-12-21/h4-12,15-17H,3,13-14H2,1-2H3. The number of benzene rings is 3. The zero-order valence-corrected chi connectivity index (χ0v) is 19.7. The highest BCUT2D eigenvalue weighted by Gasteiger charge is 2.24. The molecule has 0 aliphatic carbocycles. The van der Waals surface area contributed by atoms with Crippen LogP contribution >= 0.6 is 11.6 Å². The summed E-state index contributed by atoms with van der Waals surface area (Å²) >= 11 is 6.50. The number of aliphatic imine (C=N–C) groups is 1. The molecule has 0 saturated carbocycles. The number of halogens is 1. The van der Waals surface area contributed by atoms with Crippen molar-refractivity contribution in [2.45, 2.75) is 13.8 Å². The minimum atomic E-state index is -0.526. The Bertz CT molecular complexity index is 1220. The molecule has 0 bridgehead atoms. The van der Waals surface area contributed by atoms with E-state index in [4.69, 9.17) is 30.5 Å². The number of hydrogen-bond donors (Lipinski definition) is 0. The highest BCUT2D eigenvalue weighted by atomic mass is 35.5. The van der Waals surface area contributed by atoms with Gasteiger partial charge in [0.15, 0.2) is 17.2 Å². The first kappa shape index (κ1) is 23.4. The fourth-order valence-electron chi connectivity index (χ4n) is 3.28. The van der Waals surface area contributed by atoms with Crippen LogP contribution in [0, 0.1) is 6.92 Å². The lowest BCUT2D eigenvalue weighted by Gasteiger charge is -2.15. The minimum absolute atomic E-state index is 0.178. The van der Waals surface area contributed by atoms with Crippen molar-refractivity contribution in [1.29, 1.82) is 0 Å². The predicted octanol–water partition coefficient (Wildman–Crippen LogP) is 5.85. The van der Waals surface area contributed by atoms with Crippen molar-refractivity contribution >= 4 is 29.5 Å². The number of hydrogen-bond acceptors (Lipinski definition) is 6. The van der Waals surface area contributed by atoms with Gasteiger partial charge in [-0.3, -0.25) is 0 Å². The Balaban J connectivity index is 1.48. The van der Waals surface area contributed by atoms with Crippen molar-refractivity contribution in [2.75, 3.05) is 19.8 Å². The fourth-order valence-corrected chi connectivity index (χ4v) is 3.56. The Morgan fingerprint density at radius 2 is 1.71 bits per heavy atom. The molecule has 7 heteroatoms. The molecule has 0 radical (unpaired) electrons. The Morgan fingerprint density at radius 1 is 0.971 bits per heavy atom. The van der Waals surface area contributed by atoms with Crippen molar-refractivity contribution < 1.29 is 23.7 Å². The summed E-state index contributed by atoms with van der Waals surface area (Å²) in [6.07, 6.45) is 1.61. The van der Waals surface area contributed by atoms with E-state index in [1.54, 1.807) is 18.2 Å². The number of ether oxygens (including phenoxy) is 4. The van der Waals surface area contributed by atoms with Gasteiger partial charge in [0.2, 0.25) is 5.90 Å². The lowest BCUT2D eigenvalue weighted by Crippen LogP contribution is -2.10. The number of aryl methyl sites for hydroxylation is 1. The first-order chi connectivity index (χ1) is 16.5. The largest absolute Gasteiger partial charge is 0.490 e. The summed E-state index contributed by atoms with van der Waals surface area (Å²) in [6.45, 7) is 4.94. The maximum absolute atomic E-state index is 12.3. The fraction of sp³-hybridized carbons (Fsp3) is 0.185. The smallest absolute Gasteiger partial charge is 0.363 e. The van der Waals surface area contributed by atoms with Gasteiger partial charge in [0.25, 0.3) is 0 Å². The molecule has 0 atom stereocenters. The van der Waals surface area contributed by atoms with Gasteiger partial charge in [0.05, 0.1) is 11.6 Å². The molecular weight excluding hydrogens is 454 g/mol. The van der Waals surface area contributed by atoms with Gasteiger partial charge >= 0.3 is 5.97 Å². The molecule has 0 aromatic heterocycles. The van der Waals surface area contributed by atoms with E-state index in [0.717, 1.165) is 11.3 Å². The van der Waals surface area contributed by atoms with Gasteiger partial charge < -0.3 is 18.9 Å². The van der Waals surface area contributed by atoms with Crippen LogP contribution in [0.4, 0.5) is 0 Å². The summed E-state index contributed by atoms with van der Waals surface area (Å²) in [6, 6.07) is 20.5. The monoisotopic (exact) mass is 477 g/mol. The van der Waals surface area contributed by atoms with Gasteiger partial charge in [-0.15, -0.1) is 0 Å². The normalized spacial score (nSPS) is 14.0. The first-order valence-electron chi connectivity index (χ1n) is 10.9. The molecule has 0 N–H and O–H groups in total. The van der Waals surface area contributed by atoms with Gasteiger partial charge in [0, 0.05) is 5.56 Å². The third kappa shape index (κ3) is 5.77. The molecule has 3 aromatic carbocycles. The van der Waals surface area contributed by atoms with Crippen LogP contribution in [-0.2, 0) is 9.53 Å². The third-order valence-electron chi connectivity index (χ3n) is 4.90. The molecule has 0 amide bonds. The number of esters is 1. The van der Waals surface area contributed by atoms with Crippen LogP contribution in [0.2, 0.25) is 5.02 Å². The van der Waals surface area contributed by atoms with Crippen LogP contribution < -0.4 is 14.2 Å². The predicted molar refractivity (Wildman–Crippen MR) is 132 cm³/mol. The molecule has 0 spiro atoms. The van der Waals surface area contributed by atoms with E-state index < -0.39 is 5.97 Å². The number of carbonyl (C=O) groups excluding carboxylic acids is 1. The van der Waals surface area contributed by atoms with E-state index in [1.165, 1.54) is 5.56 Å². The molecule has 1 heterocycles. The highest BCUT2D eigenvalue weighted by Crippen LogP contribution is 2.37. The average Bonchev–Trinajstić information content (AvgIpc) is 3.20. The zero-order valence-electron chi connectivity index (χ0n) is 18.9. The summed E-state index contributed by atoms with van der Waals surface area (Å²) < 4.78 is 22.6. The van der Waals surface area contributed by atoms with Gasteiger partial charge in [-0.2, -0.15) is 0 Å². The molecule has 1 aliphatic heterocycles. The SMILES string of the molecule is CCOc1cc(C=C2N=C(c3ccccc3)OC2=O)cc(Cl)c1OCCOc1ccc(C)cc1. The second-order valence-electron chi connectivity index (χ2n) is 7.48. The van der Waals surface area contributed by atoms with Crippen molar-refractivity contribution in [3.05, 3.63) is 94.1 Å². The lowest BCUT2D eigenvalue weighted by molar-refractivity contribution is -0.129. The van der Waals surface area contributed by atoms with Crippen LogP contribution in [-0.4, -0.2) is 31.7 Å². The molecule has 0 unspecified atom stereocenters. The van der Waals surface area contributed by atoms with Crippen LogP contribution in [0.25, 0.3) is 6.08 Å². The molecule has 3 aromatic rings. The lowest BCUT2D eigenvalue weighted by atomic mass is 10.1. The summed E-state index contributed by atoms with van der Waals surface area (Å²) in [5, 5.41) is 0.353. The van der Waals surface area contributed by atoms with E-state index in [1.807, 2.05) is 68.4 Å². The maximum atomic E-state index is 12.3. The van der Waals surface area contributed by atoms with E-state index in [-0.39, 0.29) is 18.2 Å². The summed E-state index contributed by atoms with van der Waals surface area (Å²) in [7, 11) is 0. The van der Waals surface area contributed by atoms with Crippen molar-refractivity contribution in [3.63, 3.8) is 0 Å². The van der Waals surface area contributed by atoms with Crippen molar-refractivity contribution in [1.82, 2.24) is 0 Å². The Hall–Kier alpha value is -3.77. The summed E-state index contributed by atoms with van der Waals surface area (Å²) in [5.41, 5.74) is 2.71. The van der Waals surface area contributed by atoms with Crippen LogP contribution in [0.5, 0.6) is 17.2 Å². The van der Waals surface area contributed by atoms with Crippen LogP contribution in [0.1, 0.15) is 23.6 Å². The molecule has 174 valence electrons. The number of rotatable bonds is 9. The number of cyclic esters (lactones) is 1. The molecule has 6 nitrogen and oxygen atoms in total. The second-order valence-corrected chi connectivity index (χ2v) is 7.88. The first-order valence-corrected chi connectivity index (χ1v) is 11.3. The Labute approximate surface area is 203 Å². The quantitative estimate of drug-likeness (QED) is 0.220. The van der Waals surface area contributed by atoms with Gasteiger partial charge in [-0.1, -0.05) is 47.5 Å². The average molecular weight is 478 g/mol. The minimum Gasteiger partial charge on any atom is -0.490 e. The van der Waals surface area contributed by atoms with E-state index in [2.05, 4.69) is 4.99 Å². The zero-order chi connectivity index (χ0) is 23.9. The summed E-state index contributed by atoms with van der Waals surface area (Å²) in [5.74, 6) is 1.39. The molecule has 34 heavy (non-hydrogen) atoms. The molecule has 1 aliphatic rings. The topological polar surface area (TPSA) is 66.4 Å². The number of carbonyl (C=O) groups is 1. The highest BCUT2D eigenvalue weighted by molar-refractivity contribution is 6.32. The van der Waals surface area contributed by atoms with Gasteiger partial charge in [-0.05, 0) is 61.9 Å². The van der Waals surface area contributed by atoms with Gasteiger partial charge in [0.1, 0.15) is 19.0 Å². The van der Waals surface area contributed by atoms with Gasteiger partial charge in [-0.25, -0.2) is 9.79 Å². The van der Waals surface area contributed by atoms with Crippen molar-refractivity contribution in [2.24, 2.45) is 4.99 Å². The molecule has 0 fully saturated rings. The van der Waals surface area contributed by atoms with E-state index in [0.29, 0.717) is 35.3 Å². The molecule has 0 saturated heterocycles. The third-order valence-corrected chi connectivity index (χ3v) is 5.18. The Kier molecular flexibility index (Phi) is 7.50. The molecular formula is C27H24ClNO5. The van der Waals surface area contributed by atoms with Crippen LogP contribution in [0.3, 0.4) is 0 Å². The maximum Gasteiger partial charge on any atom is 0.363 e. The van der Waals surface area contributed by atoms with Crippen molar-refractivity contribution in [3.8, 4) is 17.2 Å². The summed E-state index contributed by atoms with van der Waals surface area (Å²) in [4.78, 5) is 16.7. The van der Waals surface area contributed by atoms with Crippen LogP contribution in [0.15, 0.2) is 77.4 Å².